The van der Waals surface area contributed by atoms with Gasteiger partial charge in [0.25, 0.3) is 0 Å². The Morgan fingerprint density at radius 3 is 2.08 bits per heavy atom. The predicted molar refractivity (Wildman–Crippen MR) is 66.7 cm³/mol. The molecule has 0 fully saturated rings. The Balaban J connectivity index is -0.000000173. The van der Waals surface area contributed by atoms with Gasteiger partial charge < -0.3 is 4.74 Å². The lowest BCUT2D eigenvalue weighted by Gasteiger charge is -1.96. The second-order valence-electron chi connectivity index (χ2n) is 2.38. The van der Waals surface area contributed by atoms with Crippen LogP contribution in [0.5, 0.6) is 0 Å². The molecule has 0 aliphatic heterocycles. The molecule has 2 heteroatoms. The van der Waals surface area contributed by atoms with Crippen molar-refractivity contribution in [3.8, 4) is 0 Å². The van der Waals surface area contributed by atoms with Crippen molar-refractivity contribution in [1.82, 2.24) is 0 Å². The quantitative estimate of drug-likeness (QED) is 0.387. The first kappa shape index (κ1) is 18.9. The lowest BCUT2D eigenvalue weighted by molar-refractivity contribution is 0.139. The van der Waals surface area contributed by atoms with Crippen LogP contribution in [0.2, 0.25) is 0 Å². The molecule has 0 N–H and O–H groups in total. The molecule has 1 nitrogen and oxygen atoms in total. The van der Waals surface area contributed by atoms with Crippen molar-refractivity contribution < 1.29 is 4.74 Å². The highest BCUT2D eigenvalue weighted by molar-refractivity contribution is 9.09. The largest absolute Gasteiger partial charge is 0.381 e. The van der Waals surface area contributed by atoms with Gasteiger partial charge in [-0.25, -0.2) is 0 Å². The monoisotopic (exact) mass is 252 g/mol. The second-order valence-corrected chi connectivity index (χ2v) is 3.17. The van der Waals surface area contributed by atoms with E-state index in [1.165, 1.54) is 6.42 Å². The lowest BCUT2D eigenvalue weighted by Crippen LogP contribution is -1.92. The third kappa shape index (κ3) is 33.0. The summed E-state index contributed by atoms with van der Waals surface area (Å²) >= 11 is 3.25. The summed E-state index contributed by atoms with van der Waals surface area (Å²) in [5.74, 6) is 0. The molecule has 0 atom stereocenters. The molecule has 82 valence electrons. The Morgan fingerprint density at radius 2 is 1.77 bits per heavy atom. The Hall–Kier alpha value is 0.180. The van der Waals surface area contributed by atoms with E-state index in [9.17, 15) is 0 Å². The average Bonchev–Trinajstić information content (AvgIpc) is 2.13. The van der Waals surface area contributed by atoms with Crippen LogP contribution in [0.1, 0.15) is 40.5 Å². The van der Waals surface area contributed by atoms with Gasteiger partial charge in [0.15, 0.2) is 0 Å². The molecule has 0 unspecified atom stereocenters. The summed E-state index contributed by atoms with van der Waals surface area (Å²) in [5.41, 5.74) is 0. The molecule has 0 bridgehead atoms. The minimum Gasteiger partial charge on any atom is -0.381 e. The van der Waals surface area contributed by atoms with Crippen LogP contribution in [0, 0.1) is 0 Å². The summed E-state index contributed by atoms with van der Waals surface area (Å²) in [6.45, 7) is 9.53. The fraction of sp³-hybridized carbons (Fsp3) is 0.818. The number of hydrogen-bond donors (Lipinski definition) is 0. The van der Waals surface area contributed by atoms with E-state index in [4.69, 9.17) is 4.74 Å². The Labute approximate surface area is 92.7 Å². The van der Waals surface area contributed by atoms with Crippen molar-refractivity contribution in [1.29, 1.82) is 0 Å². The van der Waals surface area contributed by atoms with E-state index in [2.05, 4.69) is 36.4 Å². The van der Waals surface area contributed by atoms with E-state index in [0.29, 0.717) is 0 Å². The van der Waals surface area contributed by atoms with Gasteiger partial charge in [-0.3, -0.25) is 0 Å². The highest BCUT2D eigenvalue weighted by Gasteiger charge is 1.79. The molecule has 0 aliphatic carbocycles. The fourth-order valence-corrected chi connectivity index (χ4v) is 0.413. The molecular weight excluding hydrogens is 228 g/mol. The van der Waals surface area contributed by atoms with Crippen LogP contribution in [0.15, 0.2) is 12.7 Å². The van der Waals surface area contributed by atoms with Gasteiger partial charge in [-0.2, -0.15) is 0 Å². The first-order valence-corrected chi connectivity index (χ1v) is 5.70. The number of halogens is 1. The molecule has 0 aromatic rings. The van der Waals surface area contributed by atoms with E-state index in [-0.39, 0.29) is 7.43 Å². The van der Waals surface area contributed by atoms with E-state index in [1.807, 2.05) is 6.08 Å². The Bertz CT molecular complexity index is 72.5. The first-order chi connectivity index (χ1) is 5.83. The van der Waals surface area contributed by atoms with E-state index < -0.39 is 0 Å². The fourth-order valence-electron chi connectivity index (χ4n) is 0.413. The average molecular weight is 253 g/mol. The molecule has 0 amide bonds. The minimum atomic E-state index is 0. The van der Waals surface area contributed by atoms with Gasteiger partial charge in [-0.1, -0.05) is 43.3 Å². The van der Waals surface area contributed by atoms with Crippen molar-refractivity contribution in [2.75, 3.05) is 18.5 Å². The summed E-state index contributed by atoms with van der Waals surface area (Å²) in [4.78, 5) is 0. The van der Waals surface area contributed by atoms with Crippen molar-refractivity contribution in [2.24, 2.45) is 0 Å². The third-order valence-corrected chi connectivity index (χ3v) is 1.80. The van der Waals surface area contributed by atoms with Crippen molar-refractivity contribution in [3.05, 3.63) is 12.7 Å². The summed E-state index contributed by atoms with van der Waals surface area (Å²) in [6, 6.07) is 0. The van der Waals surface area contributed by atoms with Crippen LogP contribution in [0.3, 0.4) is 0 Å². The van der Waals surface area contributed by atoms with Crippen LogP contribution >= 0.6 is 15.9 Å². The molecule has 0 saturated carbocycles. The number of ether oxygens (including phenoxy) is 1. The molecule has 0 rings (SSSR count). The molecular formula is C11H25BrO. The maximum absolute atomic E-state index is 5.15. The third-order valence-electron chi connectivity index (χ3n) is 1.00. The SMILES string of the molecule is C.C=CCCOCCC.CCCBr. The molecule has 0 radical (unpaired) electrons. The molecule has 0 aliphatic rings. The van der Waals surface area contributed by atoms with E-state index in [0.717, 1.165) is 31.4 Å². The number of hydrogen-bond acceptors (Lipinski definition) is 1. The van der Waals surface area contributed by atoms with Crippen LogP contribution in [-0.2, 0) is 4.74 Å². The first-order valence-electron chi connectivity index (χ1n) is 4.58. The summed E-state index contributed by atoms with van der Waals surface area (Å²) in [6.07, 6.45) is 5.19. The summed E-state index contributed by atoms with van der Waals surface area (Å²) in [7, 11) is 0. The molecule has 0 spiro atoms. The van der Waals surface area contributed by atoms with Gasteiger partial charge in [0.05, 0.1) is 0 Å². The predicted octanol–water partition coefficient (Wildman–Crippen LogP) is 4.42. The molecule has 0 saturated heterocycles. The van der Waals surface area contributed by atoms with Crippen LogP contribution < -0.4 is 0 Å². The van der Waals surface area contributed by atoms with Crippen molar-refractivity contribution >= 4 is 15.9 Å². The standard InChI is InChI=1S/C7H14O.C3H7Br.CH4/c1-3-5-7-8-6-4-2;1-2-3-4;/h3H,1,4-7H2,2H3;2-3H2,1H3;1H4. The zero-order valence-electron chi connectivity index (χ0n) is 8.31. The Kier molecular flexibility index (Phi) is 33.0. The maximum atomic E-state index is 5.15. The highest BCUT2D eigenvalue weighted by atomic mass is 79.9. The van der Waals surface area contributed by atoms with Gasteiger partial charge in [-0.15, -0.1) is 6.58 Å². The number of alkyl halides is 1. The zero-order chi connectivity index (χ0) is 9.66. The van der Waals surface area contributed by atoms with Crippen LogP contribution in [0.4, 0.5) is 0 Å². The van der Waals surface area contributed by atoms with Crippen molar-refractivity contribution in [2.45, 2.75) is 40.5 Å². The summed E-state index contributed by atoms with van der Waals surface area (Å²) in [5, 5.41) is 1.13. The van der Waals surface area contributed by atoms with Crippen LogP contribution in [0.25, 0.3) is 0 Å². The van der Waals surface area contributed by atoms with Crippen LogP contribution in [-0.4, -0.2) is 18.5 Å². The van der Waals surface area contributed by atoms with Gasteiger partial charge >= 0.3 is 0 Å². The van der Waals surface area contributed by atoms with E-state index in [1.54, 1.807) is 0 Å². The highest BCUT2D eigenvalue weighted by Crippen LogP contribution is 1.84. The topological polar surface area (TPSA) is 9.23 Å². The summed E-state index contributed by atoms with van der Waals surface area (Å²) < 4.78 is 5.15. The molecule has 0 aromatic carbocycles. The number of rotatable bonds is 6. The smallest absolute Gasteiger partial charge is 0.0500 e. The normalized spacial score (nSPS) is 7.92. The Morgan fingerprint density at radius 1 is 1.23 bits per heavy atom. The molecule has 0 aromatic heterocycles. The van der Waals surface area contributed by atoms with Gasteiger partial charge in [0.1, 0.15) is 0 Å². The van der Waals surface area contributed by atoms with Gasteiger partial charge in [0.2, 0.25) is 0 Å². The maximum Gasteiger partial charge on any atom is 0.0500 e. The van der Waals surface area contributed by atoms with E-state index >= 15 is 0 Å². The van der Waals surface area contributed by atoms with Crippen molar-refractivity contribution in [3.63, 3.8) is 0 Å². The van der Waals surface area contributed by atoms with Gasteiger partial charge in [0, 0.05) is 18.5 Å². The lowest BCUT2D eigenvalue weighted by atomic mass is 10.4. The molecule has 0 heterocycles. The zero-order valence-corrected chi connectivity index (χ0v) is 9.90. The minimum absolute atomic E-state index is 0. The van der Waals surface area contributed by atoms with Gasteiger partial charge in [-0.05, 0) is 19.3 Å². The molecule has 13 heavy (non-hydrogen) atoms. The second kappa shape index (κ2) is 22.8.